The summed E-state index contributed by atoms with van der Waals surface area (Å²) in [6.07, 6.45) is 3.79. The zero-order chi connectivity index (χ0) is 35.0. The van der Waals surface area contributed by atoms with Gasteiger partial charge in [0.25, 0.3) is 0 Å². The summed E-state index contributed by atoms with van der Waals surface area (Å²) in [5.41, 5.74) is 9.46. The van der Waals surface area contributed by atoms with Crippen molar-refractivity contribution in [2.45, 2.75) is 56.8 Å². The van der Waals surface area contributed by atoms with Gasteiger partial charge in [-0.3, -0.25) is 0 Å². The van der Waals surface area contributed by atoms with Crippen molar-refractivity contribution in [2.75, 3.05) is 0 Å². The van der Waals surface area contributed by atoms with Gasteiger partial charge in [0.1, 0.15) is 5.58 Å². The van der Waals surface area contributed by atoms with Gasteiger partial charge in [-0.2, -0.15) is 0 Å². The number of hydrogen-bond acceptors (Lipinski definition) is 3. The van der Waals surface area contributed by atoms with E-state index < -0.39 is 25.1 Å². The largest absolute Gasteiger partial charge is 0 e. The molecule has 5 heteroatoms. The van der Waals surface area contributed by atoms with Gasteiger partial charge < -0.3 is 9.40 Å². The molecular formula is C43H42GeIrN2O-2. The molecule has 48 heavy (non-hydrogen) atoms. The molecule has 0 spiro atoms. The van der Waals surface area contributed by atoms with E-state index in [1.807, 2.05) is 88.5 Å². The van der Waals surface area contributed by atoms with Crippen molar-refractivity contribution in [1.29, 1.82) is 0 Å². The normalized spacial score (nSPS) is 12.5. The van der Waals surface area contributed by atoms with E-state index in [0.717, 1.165) is 66.7 Å². The molecule has 1 radical (unpaired) electrons. The van der Waals surface area contributed by atoms with Gasteiger partial charge >= 0.3 is 99.8 Å². The second-order valence-electron chi connectivity index (χ2n) is 13.4. The Balaban J connectivity index is 0.000000241. The van der Waals surface area contributed by atoms with Crippen molar-refractivity contribution in [2.24, 2.45) is 0 Å². The van der Waals surface area contributed by atoms with Gasteiger partial charge in [-0.25, -0.2) is 0 Å². The topological polar surface area (TPSA) is 38.9 Å². The molecule has 0 aliphatic heterocycles. The van der Waals surface area contributed by atoms with Gasteiger partial charge in [0, 0.05) is 34.4 Å². The summed E-state index contributed by atoms with van der Waals surface area (Å²) in [6, 6.07) is 41.0. The number of furan rings is 1. The molecule has 0 N–H and O–H groups in total. The average Bonchev–Trinajstić information content (AvgIpc) is 3.45. The van der Waals surface area contributed by atoms with E-state index >= 15 is 0 Å². The van der Waals surface area contributed by atoms with E-state index in [0.29, 0.717) is 0 Å². The Morgan fingerprint density at radius 2 is 1.42 bits per heavy atom. The molecule has 0 amide bonds. The van der Waals surface area contributed by atoms with Crippen molar-refractivity contribution in [1.82, 2.24) is 9.97 Å². The van der Waals surface area contributed by atoms with E-state index in [1.54, 1.807) is 6.20 Å². The maximum Gasteiger partial charge on any atom is 0 e. The summed E-state index contributed by atoms with van der Waals surface area (Å²) in [7, 11) is 0. The molecular weight excluding hydrogens is 825 g/mol. The zero-order valence-electron chi connectivity index (χ0n) is 30.6. The molecule has 3 heterocycles. The molecule has 0 saturated carbocycles. The first-order valence-corrected chi connectivity index (χ1v) is 23.4. The molecule has 7 aromatic rings. The van der Waals surface area contributed by atoms with Crippen LogP contribution in [0.5, 0.6) is 0 Å². The predicted molar refractivity (Wildman–Crippen MR) is 201 cm³/mol. The summed E-state index contributed by atoms with van der Waals surface area (Å²) in [4.78, 5) is 9.04. The van der Waals surface area contributed by atoms with Crippen LogP contribution in [0.4, 0.5) is 0 Å². The van der Waals surface area contributed by atoms with Crippen LogP contribution in [0.15, 0.2) is 120 Å². The maximum absolute atomic E-state index is 8.32. The fourth-order valence-electron chi connectivity index (χ4n) is 5.48. The molecule has 7 rings (SSSR count). The summed E-state index contributed by atoms with van der Waals surface area (Å²) in [5.74, 6) is 5.84. The Hall–Kier alpha value is -3.83. The minimum Gasteiger partial charge on any atom is 0 e. The third-order valence-corrected chi connectivity index (χ3v) is 12.7. The molecule has 4 aromatic carbocycles. The van der Waals surface area contributed by atoms with Crippen LogP contribution in [0.1, 0.15) is 53.4 Å². The SMILES string of the molecule is [2H]C(C)(C)c1ccc(-c2ccc3c(c2)oc2c[c-]c(-c4cc(C([2H])(C)C)ccn4)cc23)cc1.[CH3][Ge]([CH3])([CH3])[c]1ccc(-c2[c-]cccc2)nc1.[Ir]. The Morgan fingerprint density at radius 3 is 2.06 bits per heavy atom. The smallest absolute Gasteiger partial charge is 0 e. The van der Waals surface area contributed by atoms with Crippen LogP contribution in [0.25, 0.3) is 55.6 Å². The molecule has 0 atom stereocenters. The van der Waals surface area contributed by atoms with E-state index in [1.165, 1.54) is 4.40 Å². The summed E-state index contributed by atoms with van der Waals surface area (Å²) in [5, 5.41) is 2.07. The average molecular weight is 870 g/mol. The van der Waals surface area contributed by atoms with Gasteiger partial charge in [0.2, 0.25) is 0 Å². The van der Waals surface area contributed by atoms with Gasteiger partial charge in [0.15, 0.2) is 0 Å². The van der Waals surface area contributed by atoms with Crippen molar-refractivity contribution in [3.63, 3.8) is 0 Å². The molecule has 3 nitrogen and oxygen atoms in total. The van der Waals surface area contributed by atoms with Crippen molar-refractivity contribution in [3.05, 3.63) is 139 Å². The van der Waals surface area contributed by atoms with Gasteiger partial charge in [0.05, 0.1) is 5.58 Å². The summed E-state index contributed by atoms with van der Waals surface area (Å²) in [6.45, 7) is 7.55. The second kappa shape index (κ2) is 15.2. The Bertz CT molecular complexity index is 2210. The quantitative estimate of drug-likeness (QED) is 0.123. The Kier molecular flexibility index (Phi) is 10.3. The molecule has 0 aliphatic carbocycles. The number of benzene rings is 4. The minimum atomic E-state index is -1.72. The number of rotatable bonds is 6. The zero-order valence-corrected chi connectivity index (χ0v) is 33.1. The van der Waals surface area contributed by atoms with Crippen molar-refractivity contribution in [3.8, 4) is 33.6 Å². The first-order chi connectivity index (χ1) is 23.2. The van der Waals surface area contributed by atoms with E-state index in [-0.39, 0.29) is 20.1 Å². The monoisotopic (exact) mass is 871 g/mol. The summed E-state index contributed by atoms with van der Waals surface area (Å²) < 4.78 is 24.1. The van der Waals surface area contributed by atoms with Gasteiger partial charge in [-0.05, 0) is 46.3 Å². The molecule has 0 unspecified atom stereocenters. The standard InChI is InChI=1S/C29H26NO.C14H16GeN.Ir/c1-18(2)20-5-7-21(8-6-20)23-9-11-25-26-15-24(10-12-28(26)31-29(25)17-23)27-16-22(19(3)4)13-14-30-27;1-15(2,3)13-9-10-14(16-11-13)12-7-5-4-6-8-12;/h5-9,11-19H,1-4H3;4-7,9-11H,1-3H3;/q2*-1;/i18D,19D;;. The van der Waals surface area contributed by atoms with Crippen LogP contribution in [0.2, 0.25) is 17.3 Å². The van der Waals surface area contributed by atoms with Crippen LogP contribution in [0.3, 0.4) is 0 Å². The van der Waals surface area contributed by atoms with Crippen LogP contribution in [0, 0.1) is 12.1 Å². The van der Waals surface area contributed by atoms with Crippen LogP contribution >= 0.6 is 0 Å². The number of hydrogen-bond donors (Lipinski definition) is 0. The van der Waals surface area contributed by atoms with Crippen LogP contribution in [-0.2, 0) is 20.1 Å². The predicted octanol–water partition coefficient (Wildman–Crippen LogP) is 11.5. The molecule has 0 fully saturated rings. The first kappa shape index (κ1) is 32.7. The van der Waals surface area contributed by atoms with Gasteiger partial charge in [-0.15, -0.1) is 23.8 Å². The molecule has 3 aromatic heterocycles. The van der Waals surface area contributed by atoms with E-state index in [4.69, 9.17) is 7.16 Å². The number of nitrogens with zero attached hydrogens (tertiary/aromatic N) is 2. The molecule has 0 aliphatic rings. The van der Waals surface area contributed by atoms with Crippen LogP contribution < -0.4 is 4.40 Å². The molecule has 0 bridgehead atoms. The fourth-order valence-corrected chi connectivity index (χ4v) is 7.65. The second-order valence-corrected chi connectivity index (χ2v) is 24.1. The first-order valence-electron chi connectivity index (χ1n) is 17.1. The minimum absolute atomic E-state index is 0. The Morgan fingerprint density at radius 1 is 0.667 bits per heavy atom. The fraction of sp³-hybridized carbons (Fsp3) is 0.209. The maximum atomic E-state index is 8.32. The van der Waals surface area contributed by atoms with Gasteiger partial charge in [-0.1, -0.05) is 81.1 Å². The summed E-state index contributed by atoms with van der Waals surface area (Å²) >= 11 is -1.72. The van der Waals surface area contributed by atoms with Crippen LogP contribution in [-0.4, -0.2) is 23.2 Å². The van der Waals surface area contributed by atoms with Crippen molar-refractivity contribution >= 4 is 39.6 Å². The third-order valence-electron chi connectivity index (χ3n) is 8.43. The number of fused-ring (bicyclic) bond motifs is 3. The Labute approximate surface area is 304 Å². The van der Waals surface area contributed by atoms with E-state index in [2.05, 4.69) is 87.9 Å². The number of aromatic nitrogens is 2. The third kappa shape index (κ3) is 8.06. The van der Waals surface area contributed by atoms with E-state index in [9.17, 15) is 0 Å². The molecule has 0 saturated heterocycles. The number of pyridine rings is 2. The molecule has 245 valence electrons. The van der Waals surface area contributed by atoms with Crippen molar-refractivity contribution < 1.29 is 27.3 Å².